The maximum absolute atomic E-state index is 10.9. The number of rotatable bonds is 5. The van der Waals surface area contributed by atoms with Crippen LogP contribution < -0.4 is 5.32 Å². The normalized spacial score (nSPS) is 12.3. The Morgan fingerprint density at radius 3 is 2.57 bits per heavy atom. The van der Waals surface area contributed by atoms with Gasteiger partial charge in [0, 0.05) is 6.54 Å². The SMILES string of the molecule is C=CC(=O)NCC(/C=C\C)=C/C=C\C. The van der Waals surface area contributed by atoms with Crippen molar-refractivity contribution in [1.82, 2.24) is 5.32 Å². The molecule has 2 nitrogen and oxygen atoms in total. The molecule has 1 amide bonds. The third-order valence-corrected chi connectivity index (χ3v) is 1.54. The van der Waals surface area contributed by atoms with Gasteiger partial charge >= 0.3 is 0 Å². The number of hydrogen-bond acceptors (Lipinski definition) is 1. The van der Waals surface area contributed by atoms with Crippen LogP contribution in [0.2, 0.25) is 0 Å². The lowest BCUT2D eigenvalue weighted by molar-refractivity contribution is -0.116. The summed E-state index contributed by atoms with van der Waals surface area (Å²) >= 11 is 0. The van der Waals surface area contributed by atoms with E-state index < -0.39 is 0 Å². The predicted molar refractivity (Wildman–Crippen MR) is 60.9 cm³/mol. The first-order valence-electron chi connectivity index (χ1n) is 4.59. The van der Waals surface area contributed by atoms with Crippen LogP contribution in [0, 0.1) is 0 Å². The van der Waals surface area contributed by atoms with E-state index in [2.05, 4.69) is 11.9 Å². The van der Waals surface area contributed by atoms with Gasteiger partial charge in [-0.05, 0) is 25.5 Å². The van der Waals surface area contributed by atoms with E-state index in [9.17, 15) is 4.79 Å². The molecule has 0 heterocycles. The van der Waals surface area contributed by atoms with Gasteiger partial charge in [-0.15, -0.1) is 0 Å². The molecule has 0 aromatic carbocycles. The van der Waals surface area contributed by atoms with Gasteiger partial charge < -0.3 is 5.32 Å². The first-order chi connectivity index (χ1) is 6.74. The summed E-state index contributed by atoms with van der Waals surface area (Å²) in [4.78, 5) is 10.9. The molecule has 0 fully saturated rings. The Bertz CT molecular complexity index is 272. The molecule has 0 atom stereocenters. The van der Waals surface area contributed by atoms with Crippen molar-refractivity contribution in [2.45, 2.75) is 13.8 Å². The van der Waals surface area contributed by atoms with Crippen LogP contribution in [-0.4, -0.2) is 12.5 Å². The fourth-order valence-electron chi connectivity index (χ4n) is 0.869. The maximum Gasteiger partial charge on any atom is 0.243 e. The largest absolute Gasteiger partial charge is 0.348 e. The molecule has 0 saturated carbocycles. The average Bonchev–Trinajstić information content (AvgIpc) is 2.21. The highest BCUT2D eigenvalue weighted by Crippen LogP contribution is 1.96. The lowest BCUT2D eigenvalue weighted by Crippen LogP contribution is -2.22. The highest BCUT2D eigenvalue weighted by molar-refractivity contribution is 5.87. The van der Waals surface area contributed by atoms with E-state index in [1.54, 1.807) is 0 Å². The van der Waals surface area contributed by atoms with Gasteiger partial charge in [0.25, 0.3) is 0 Å². The molecular weight excluding hydrogens is 174 g/mol. The van der Waals surface area contributed by atoms with Crippen LogP contribution in [0.3, 0.4) is 0 Å². The fraction of sp³-hybridized carbons (Fsp3) is 0.250. The second-order valence-corrected chi connectivity index (χ2v) is 2.69. The molecule has 0 radical (unpaired) electrons. The van der Waals surface area contributed by atoms with Crippen LogP contribution in [0.5, 0.6) is 0 Å². The van der Waals surface area contributed by atoms with Crippen molar-refractivity contribution in [3.63, 3.8) is 0 Å². The van der Waals surface area contributed by atoms with Crippen LogP contribution in [0.15, 0.2) is 48.6 Å². The zero-order valence-electron chi connectivity index (χ0n) is 8.79. The van der Waals surface area contributed by atoms with Gasteiger partial charge in [-0.2, -0.15) is 0 Å². The third-order valence-electron chi connectivity index (χ3n) is 1.54. The summed E-state index contributed by atoms with van der Waals surface area (Å²) in [6, 6.07) is 0. The zero-order chi connectivity index (χ0) is 10.8. The van der Waals surface area contributed by atoms with Crippen molar-refractivity contribution in [2.24, 2.45) is 0 Å². The summed E-state index contributed by atoms with van der Waals surface area (Å²) in [7, 11) is 0. The number of carbonyl (C=O) groups excluding carboxylic acids is 1. The molecule has 0 rings (SSSR count). The molecule has 0 saturated heterocycles. The number of nitrogens with one attached hydrogen (secondary N) is 1. The maximum atomic E-state index is 10.9. The number of carbonyl (C=O) groups is 1. The second-order valence-electron chi connectivity index (χ2n) is 2.69. The Morgan fingerprint density at radius 2 is 2.07 bits per heavy atom. The predicted octanol–water partition coefficient (Wildman–Crippen LogP) is 2.37. The van der Waals surface area contributed by atoms with Gasteiger partial charge in [-0.1, -0.05) is 37.0 Å². The van der Waals surface area contributed by atoms with Gasteiger partial charge in [0.1, 0.15) is 0 Å². The first-order valence-corrected chi connectivity index (χ1v) is 4.59. The van der Waals surface area contributed by atoms with Gasteiger partial charge in [0.15, 0.2) is 0 Å². The Morgan fingerprint density at radius 1 is 1.36 bits per heavy atom. The molecule has 0 aliphatic rings. The van der Waals surface area contributed by atoms with Crippen molar-refractivity contribution in [3.8, 4) is 0 Å². The Kier molecular flexibility index (Phi) is 7.15. The molecule has 0 unspecified atom stereocenters. The molecular formula is C12H17NO. The molecule has 0 aromatic heterocycles. The van der Waals surface area contributed by atoms with E-state index in [1.165, 1.54) is 6.08 Å². The van der Waals surface area contributed by atoms with Crippen LogP contribution >= 0.6 is 0 Å². The number of amides is 1. The van der Waals surface area contributed by atoms with Gasteiger partial charge in [0.2, 0.25) is 5.91 Å². The van der Waals surface area contributed by atoms with Gasteiger partial charge in [-0.25, -0.2) is 0 Å². The van der Waals surface area contributed by atoms with E-state index in [1.807, 2.05) is 44.2 Å². The Hall–Kier alpha value is -1.57. The molecule has 0 aliphatic carbocycles. The number of hydrogen-bond donors (Lipinski definition) is 1. The molecule has 1 N–H and O–H groups in total. The minimum atomic E-state index is -0.152. The van der Waals surface area contributed by atoms with Gasteiger partial charge in [-0.3, -0.25) is 4.79 Å². The van der Waals surface area contributed by atoms with Crippen molar-refractivity contribution in [3.05, 3.63) is 48.6 Å². The Labute approximate surface area is 85.7 Å². The first kappa shape index (κ1) is 12.4. The van der Waals surface area contributed by atoms with Crippen molar-refractivity contribution < 1.29 is 4.79 Å². The smallest absolute Gasteiger partial charge is 0.243 e. The highest BCUT2D eigenvalue weighted by Gasteiger charge is 1.94. The van der Waals surface area contributed by atoms with Crippen molar-refractivity contribution >= 4 is 5.91 Å². The average molecular weight is 191 g/mol. The standard InChI is InChI=1S/C12H17NO/c1-4-7-9-11(8-5-2)10-13-12(14)6-3/h4-9H,3,10H2,1-2H3,(H,13,14)/b7-4-,8-5-,11-9+. The Balaban J connectivity index is 4.23. The summed E-state index contributed by atoms with van der Waals surface area (Å²) in [5.74, 6) is -0.152. The summed E-state index contributed by atoms with van der Waals surface area (Å²) in [5.41, 5.74) is 1.06. The summed E-state index contributed by atoms with van der Waals surface area (Å²) < 4.78 is 0. The summed E-state index contributed by atoms with van der Waals surface area (Å²) in [6.45, 7) is 7.80. The van der Waals surface area contributed by atoms with Crippen LogP contribution in [0.25, 0.3) is 0 Å². The molecule has 14 heavy (non-hydrogen) atoms. The molecule has 0 aliphatic heterocycles. The van der Waals surface area contributed by atoms with E-state index in [0.717, 1.165) is 5.57 Å². The molecule has 0 spiro atoms. The molecule has 0 bridgehead atoms. The minimum Gasteiger partial charge on any atom is -0.348 e. The van der Waals surface area contributed by atoms with Crippen LogP contribution in [0.1, 0.15) is 13.8 Å². The number of allylic oxidation sites excluding steroid dienone is 4. The van der Waals surface area contributed by atoms with Gasteiger partial charge in [0.05, 0.1) is 0 Å². The van der Waals surface area contributed by atoms with Crippen LogP contribution in [0.4, 0.5) is 0 Å². The molecule has 0 aromatic rings. The second kappa shape index (κ2) is 8.05. The topological polar surface area (TPSA) is 29.1 Å². The summed E-state index contributed by atoms with van der Waals surface area (Å²) in [5, 5.41) is 2.72. The fourth-order valence-corrected chi connectivity index (χ4v) is 0.869. The lowest BCUT2D eigenvalue weighted by Gasteiger charge is -2.02. The van der Waals surface area contributed by atoms with Crippen molar-refractivity contribution in [1.29, 1.82) is 0 Å². The lowest BCUT2D eigenvalue weighted by atomic mass is 10.2. The highest BCUT2D eigenvalue weighted by atomic mass is 16.1. The van der Waals surface area contributed by atoms with E-state index in [-0.39, 0.29) is 5.91 Å². The quantitative estimate of drug-likeness (QED) is 0.524. The molecule has 76 valence electrons. The van der Waals surface area contributed by atoms with Crippen molar-refractivity contribution in [2.75, 3.05) is 6.54 Å². The van der Waals surface area contributed by atoms with Crippen LogP contribution in [-0.2, 0) is 4.79 Å². The monoisotopic (exact) mass is 191 g/mol. The summed E-state index contributed by atoms with van der Waals surface area (Å²) in [6.07, 6.45) is 11.0. The van der Waals surface area contributed by atoms with E-state index >= 15 is 0 Å². The third kappa shape index (κ3) is 6.00. The zero-order valence-corrected chi connectivity index (χ0v) is 8.79. The minimum absolute atomic E-state index is 0.152. The molecule has 2 heteroatoms. The van der Waals surface area contributed by atoms with E-state index in [4.69, 9.17) is 0 Å². The van der Waals surface area contributed by atoms with E-state index in [0.29, 0.717) is 6.54 Å².